The molecule has 0 aliphatic carbocycles. The molecule has 0 saturated carbocycles. The Kier molecular flexibility index (Phi) is 3.73. The topological polar surface area (TPSA) is 105 Å². The van der Waals surface area contributed by atoms with Crippen LogP contribution in [0.3, 0.4) is 0 Å². The SMILES string of the molecule is COCCCn1nnnc1-c1cc(N)cc(N)c1. The molecule has 0 saturated heterocycles. The van der Waals surface area contributed by atoms with Crippen molar-refractivity contribution in [2.45, 2.75) is 13.0 Å². The zero-order valence-corrected chi connectivity index (χ0v) is 10.2. The first kappa shape index (κ1) is 12.3. The number of aromatic nitrogens is 4. The molecule has 1 aromatic carbocycles. The van der Waals surface area contributed by atoms with Crippen molar-refractivity contribution in [2.24, 2.45) is 0 Å². The second-order valence-electron chi connectivity index (χ2n) is 3.96. The van der Waals surface area contributed by atoms with Crippen molar-refractivity contribution in [2.75, 3.05) is 25.2 Å². The van der Waals surface area contributed by atoms with Crippen LogP contribution in [0.25, 0.3) is 11.4 Å². The molecule has 0 fully saturated rings. The van der Waals surface area contributed by atoms with Crippen molar-refractivity contribution in [1.29, 1.82) is 0 Å². The van der Waals surface area contributed by atoms with Gasteiger partial charge in [0.05, 0.1) is 0 Å². The van der Waals surface area contributed by atoms with Gasteiger partial charge in [-0.15, -0.1) is 5.10 Å². The van der Waals surface area contributed by atoms with Crippen LogP contribution in [0.15, 0.2) is 18.2 Å². The number of anilines is 2. The maximum absolute atomic E-state index is 5.76. The van der Waals surface area contributed by atoms with E-state index in [4.69, 9.17) is 16.2 Å². The predicted molar refractivity (Wildman–Crippen MR) is 68.6 cm³/mol. The number of aryl methyl sites for hydroxylation is 1. The molecule has 0 radical (unpaired) electrons. The number of rotatable bonds is 5. The van der Waals surface area contributed by atoms with Gasteiger partial charge in [0, 0.05) is 37.2 Å². The van der Waals surface area contributed by atoms with Gasteiger partial charge in [0.15, 0.2) is 5.82 Å². The lowest BCUT2D eigenvalue weighted by atomic mass is 10.1. The minimum absolute atomic E-state index is 0.594. The van der Waals surface area contributed by atoms with Crippen molar-refractivity contribution < 1.29 is 4.74 Å². The van der Waals surface area contributed by atoms with E-state index in [1.807, 2.05) is 0 Å². The first-order valence-electron chi connectivity index (χ1n) is 5.62. The average molecular weight is 248 g/mol. The van der Waals surface area contributed by atoms with Crippen molar-refractivity contribution in [3.63, 3.8) is 0 Å². The van der Waals surface area contributed by atoms with E-state index < -0.39 is 0 Å². The Hall–Kier alpha value is -2.15. The van der Waals surface area contributed by atoms with Crippen LogP contribution >= 0.6 is 0 Å². The second-order valence-corrected chi connectivity index (χ2v) is 3.96. The minimum Gasteiger partial charge on any atom is -0.399 e. The Morgan fingerprint density at radius 2 is 1.94 bits per heavy atom. The summed E-state index contributed by atoms with van der Waals surface area (Å²) in [5.74, 6) is 0.658. The number of nitrogen functional groups attached to an aromatic ring is 2. The lowest BCUT2D eigenvalue weighted by Gasteiger charge is -2.06. The summed E-state index contributed by atoms with van der Waals surface area (Å²) in [5.41, 5.74) is 13.5. The first-order valence-corrected chi connectivity index (χ1v) is 5.62. The first-order chi connectivity index (χ1) is 8.70. The molecule has 96 valence electrons. The molecule has 0 unspecified atom stereocenters. The van der Waals surface area contributed by atoms with Crippen LogP contribution in [0.5, 0.6) is 0 Å². The van der Waals surface area contributed by atoms with E-state index in [9.17, 15) is 0 Å². The number of tetrazole rings is 1. The molecule has 4 N–H and O–H groups in total. The van der Waals surface area contributed by atoms with Crippen molar-refractivity contribution in [1.82, 2.24) is 20.2 Å². The van der Waals surface area contributed by atoms with Gasteiger partial charge in [-0.3, -0.25) is 0 Å². The summed E-state index contributed by atoms with van der Waals surface area (Å²) in [6.07, 6.45) is 0.840. The number of hydrogen-bond donors (Lipinski definition) is 2. The Morgan fingerprint density at radius 1 is 1.22 bits per heavy atom. The zero-order valence-electron chi connectivity index (χ0n) is 10.2. The van der Waals surface area contributed by atoms with Gasteiger partial charge in [0.1, 0.15) is 0 Å². The molecule has 2 rings (SSSR count). The van der Waals surface area contributed by atoms with Gasteiger partial charge in [-0.1, -0.05) is 0 Å². The summed E-state index contributed by atoms with van der Waals surface area (Å²) in [6.45, 7) is 1.35. The number of ether oxygens (including phenoxy) is 1. The van der Waals surface area contributed by atoms with Gasteiger partial charge in [-0.05, 0) is 35.0 Å². The molecular formula is C11H16N6O. The Labute approximate surface area is 105 Å². The highest BCUT2D eigenvalue weighted by Crippen LogP contribution is 2.22. The number of methoxy groups -OCH3 is 1. The second kappa shape index (κ2) is 5.46. The lowest BCUT2D eigenvalue weighted by molar-refractivity contribution is 0.189. The summed E-state index contributed by atoms with van der Waals surface area (Å²) in [7, 11) is 1.67. The maximum atomic E-state index is 5.76. The Balaban J connectivity index is 2.24. The van der Waals surface area contributed by atoms with Gasteiger partial charge in [-0.25, -0.2) is 4.68 Å². The van der Waals surface area contributed by atoms with Gasteiger partial charge in [-0.2, -0.15) is 0 Å². The van der Waals surface area contributed by atoms with Crippen molar-refractivity contribution in [3.05, 3.63) is 18.2 Å². The fourth-order valence-electron chi connectivity index (χ4n) is 1.73. The van der Waals surface area contributed by atoms with Crippen LogP contribution in [-0.4, -0.2) is 33.9 Å². The molecule has 0 aliphatic heterocycles. The van der Waals surface area contributed by atoms with E-state index in [1.165, 1.54) is 0 Å². The van der Waals surface area contributed by atoms with Gasteiger partial charge >= 0.3 is 0 Å². The summed E-state index contributed by atoms with van der Waals surface area (Å²) >= 11 is 0. The molecule has 0 aliphatic rings. The molecule has 0 atom stereocenters. The Morgan fingerprint density at radius 3 is 2.61 bits per heavy atom. The number of nitrogens with two attached hydrogens (primary N) is 2. The number of hydrogen-bond acceptors (Lipinski definition) is 6. The van der Waals surface area contributed by atoms with Gasteiger partial charge in [0.2, 0.25) is 0 Å². The maximum Gasteiger partial charge on any atom is 0.182 e. The van der Waals surface area contributed by atoms with Gasteiger partial charge < -0.3 is 16.2 Å². The van der Waals surface area contributed by atoms with Crippen LogP contribution in [0.4, 0.5) is 11.4 Å². The van der Waals surface area contributed by atoms with Crippen molar-refractivity contribution in [3.8, 4) is 11.4 Å². The molecular weight excluding hydrogens is 232 g/mol. The molecule has 18 heavy (non-hydrogen) atoms. The summed E-state index contributed by atoms with van der Waals surface area (Å²) in [6, 6.07) is 5.30. The zero-order chi connectivity index (χ0) is 13.0. The quantitative estimate of drug-likeness (QED) is 0.591. The predicted octanol–water partition coefficient (Wildman–Crippen LogP) is 0.541. The molecule has 7 nitrogen and oxygen atoms in total. The van der Waals surface area contributed by atoms with Crippen LogP contribution in [0, 0.1) is 0 Å². The largest absolute Gasteiger partial charge is 0.399 e. The average Bonchev–Trinajstić information content (AvgIpc) is 2.76. The molecule has 0 spiro atoms. The Bertz CT molecular complexity index is 504. The third-order valence-corrected chi connectivity index (χ3v) is 2.49. The third kappa shape index (κ3) is 2.75. The third-order valence-electron chi connectivity index (χ3n) is 2.49. The van der Waals surface area contributed by atoms with Gasteiger partial charge in [0.25, 0.3) is 0 Å². The number of nitrogens with zero attached hydrogens (tertiary/aromatic N) is 4. The van der Waals surface area contributed by atoms with Crippen LogP contribution < -0.4 is 11.5 Å². The highest BCUT2D eigenvalue weighted by Gasteiger charge is 2.09. The molecule has 7 heteroatoms. The van der Waals surface area contributed by atoms with Crippen LogP contribution in [0.1, 0.15) is 6.42 Å². The summed E-state index contributed by atoms with van der Waals surface area (Å²) < 4.78 is 6.72. The fourth-order valence-corrected chi connectivity index (χ4v) is 1.73. The lowest BCUT2D eigenvalue weighted by Crippen LogP contribution is -2.06. The molecule has 1 aromatic heterocycles. The van der Waals surface area contributed by atoms with Crippen LogP contribution in [0.2, 0.25) is 0 Å². The minimum atomic E-state index is 0.594. The molecule has 0 bridgehead atoms. The standard InChI is InChI=1S/C11H16N6O/c1-18-4-2-3-17-11(14-15-16-17)8-5-9(12)7-10(13)6-8/h5-7H,2-4,12-13H2,1H3. The van der Waals surface area contributed by atoms with E-state index in [2.05, 4.69) is 15.5 Å². The molecule has 0 amide bonds. The smallest absolute Gasteiger partial charge is 0.182 e. The van der Waals surface area contributed by atoms with Crippen LogP contribution in [-0.2, 0) is 11.3 Å². The van der Waals surface area contributed by atoms with E-state index >= 15 is 0 Å². The highest BCUT2D eigenvalue weighted by atomic mass is 16.5. The normalized spacial score (nSPS) is 10.7. The molecule has 2 aromatic rings. The van der Waals surface area contributed by atoms with Crippen molar-refractivity contribution >= 4 is 11.4 Å². The van der Waals surface area contributed by atoms with E-state index in [-0.39, 0.29) is 0 Å². The van der Waals surface area contributed by atoms with E-state index in [1.54, 1.807) is 30.0 Å². The summed E-state index contributed by atoms with van der Waals surface area (Å²) in [5, 5.41) is 11.6. The van der Waals surface area contributed by atoms with E-state index in [0.717, 1.165) is 12.0 Å². The monoisotopic (exact) mass is 248 g/mol. The number of benzene rings is 1. The molecule has 1 heterocycles. The van der Waals surface area contributed by atoms with E-state index in [0.29, 0.717) is 30.4 Å². The highest BCUT2D eigenvalue weighted by molar-refractivity contribution is 5.67. The summed E-state index contributed by atoms with van der Waals surface area (Å²) in [4.78, 5) is 0. The fraction of sp³-hybridized carbons (Fsp3) is 0.364.